The van der Waals surface area contributed by atoms with E-state index in [-0.39, 0.29) is 5.70 Å². The van der Waals surface area contributed by atoms with Crippen LogP contribution in [0.2, 0.25) is 0 Å². The van der Waals surface area contributed by atoms with Crippen LogP contribution in [0.4, 0.5) is 5.69 Å². The van der Waals surface area contributed by atoms with Gasteiger partial charge in [-0.15, -0.1) is 0 Å². The van der Waals surface area contributed by atoms with Crippen molar-refractivity contribution >= 4 is 33.6 Å². The standard InChI is InChI=1S/C13H14BrNO4/c1-8-5-4-6-9(12(8)14)15-10(13(17)19-3)7-11(16)18-2/h4-7,15H,1-3H3/b10-7+. The second-order valence-corrected chi connectivity index (χ2v) is 4.43. The third-order valence-corrected chi connectivity index (χ3v) is 3.38. The quantitative estimate of drug-likeness (QED) is 0.679. The number of halogens is 1. The first-order chi connectivity index (χ1) is 8.99. The van der Waals surface area contributed by atoms with Crippen LogP contribution >= 0.6 is 15.9 Å². The predicted octanol–water partition coefficient (Wildman–Crippen LogP) is 2.40. The van der Waals surface area contributed by atoms with E-state index in [0.717, 1.165) is 16.1 Å². The lowest BCUT2D eigenvalue weighted by molar-refractivity contribution is -0.138. The molecule has 0 heterocycles. The van der Waals surface area contributed by atoms with Crippen molar-refractivity contribution in [2.45, 2.75) is 6.92 Å². The number of rotatable bonds is 4. The van der Waals surface area contributed by atoms with E-state index in [1.165, 1.54) is 14.2 Å². The lowest BCUT2D eigenvalue weighted by Crippen LogP contribution is -2.15. The number of hydrogen-bond donors (Lipinski definition) is 1. The average molecular weight is 328 g/mol. The van der Waals surface area contributed by atoms with E-state index >= 15 is 0 Å². The van der Waals surface area contributed by atoms with Crippen molar-refractivity contribution in [2.75, 3.05) is 19.5 Å². The Bertz CT molecular complexity index is 525. The second-order valence-electron chi connectivity index (χ2n) is 3.63. The third kappa shape index (κ3) is 4.10. The molecule has 0 amide bonds. The van der Waals surface area contributed by atoms with Crippen molar-refractivity contribution in [3.05, 3.63) is 40.0 Å². The number of carbonyl (C=O) groups excluding carboxylic acids is 2. The van der Waals surface area contributed by atoms with Crippen LogP contribution in [-0.4, -0.2) is 26.2 Å². The summed E-state index contributed by atoms with van der Waals surface area (Å²) in [6.07, 6.45) is 1.04. The maximum absolute atomic E-state index is 11.6. The minimum atomic E-state index is -0.654. The highest BCUT2D eigenvalue weighted by atomic mass is 79.9. The van der Waals surface area contributed by atoms with Gasteiger partial charge in [-0.05, 0) is 34.5 Å². The van der Waals surface area contributed by atoms with E-state index in [1.807, 2.05) is 19.1 Å². The first-order valence-corrected chi connectivity index (χ1v) is 6.19. The van der Waals surface area contributed by atoms with Crippen LogP contribution in [0.3, 0.4) is 0 Å². The fourth-order valence-electron chi connectivity index (χ4n) is 1.32. The second kappa shape index (κ2) is 6.94. The monoisotopic (exact) mass is 327 g/mol. The first kappa shape index (κ1) is 15.2. The zero-order valence-electron chi connectivity index (χ0n) is 10.8. The molecule has 1 rings (SSSR count). The number of methoxy groups -OCH3 is 2. The van der Waals surface area contributed by atoms with Gasteiger partial charge in [0.2, 0.25) is 0 Å². The Morgan fingerprint density at radius 3 is 2.53 bits per heavy atom. The smallest absolute Gasteiger partial charge is 0.354 e. The summed E-state index contributed by atoms with van der Waals surface area (Å²) in [5, 5.41) is 2.84. The van der Waals surface area contributed by atoms with Crippen LogP contribution in [0.25, 0.3) is 0 Å². The van der Waals surface area contributed by atoms with Crippen molar-refractivity contribution in [1.82, 2.24) is 0 Å². The molecule has 1 aromatic carbocycles. The normalized spacial score (nSPS) is 10.8. The molecule has 1 N–H and O–H groups in total. The van der Waals surface area contributed by atoms with Gasteiger partial charge in [-0.25, -0.2) is 9.59 Å². The topological polar surface area (TPSA) is 64.6 Å². The number of hydrogen-bond acceptors (Lipinski definition) is 5. The molecular weight excluding hydrogens is 314 g/mol. The average Bonchev–Trinajstić information content (AvgIpc) is 2.41. The molecule has 19 heavy (non-hydrogen) atoms. The van der Waals surface area contributed by atoms with E-state index in [4.69, 9.17) is 0 Å². The molecule has 0 aliphatic heterocycles. The van der Waals surface area contributed by atoms with E-state index in [0.29, 0.717) is 5.69 Å². The molecular formula is C13H14BrNO4. The van der Waals surface area contributed by atoms with E-state index in [9.17, 15) is 9.59 Å². The van der Waals surface area contributed by atoms with Crippen LogP contribution < -0.4 is 5.32 Å². The van der Waals surface area contributed by atoms with Crippen LogP contribution in [0.5, 0.6) is 0 Å². The first-order valence-electron chi connectivity index (χ1n) is 5.39. The molecule has 0 spiro atoms. The van der Waals surface area contributed by atoms with E-state index in [2.05, 4.69) is 30.7 Å². The summed E-state index contributed by atoms with van der Waals surface area (Å²) in [6, 6.07) is 5.51. The molecule has 0 aromatic heterocycles. The molecule has 0 bridgehead atoms. The zero-order chi connectivity index (χ0) is 14.4. The molecule has 0 radical (unpaired) electrons. The maximum Gasteiger partial charge on any atom is 0.354 e. The molecule has 0 aliphatic rings. The van der Waals surface area contributed by atoms with Crippen molar-refractivity contribution in [2.24, 2.45) is 0 Å². The lowest BCUT2D eigenvalue weighted by Gasteiger charge is -2.11. The SMILES string of the molecule is COC(=O)/C=C(/Nc1cccc(C)c1Br)C(=O)OC. The molecule has 0 fully saturated rings. The number of esters is 2. The third-order valence-electron chi connectivity index (χ3n) is 2.33. The van der Waals surface area contributed by atoms with Crippen LogP contribution in [0.1, 0.15) is 5.56 Å². The van der Waals surface area contributed by atoms with Gasteiger partial charge >= 0.3 is 11.9 Å². The molecule has 1 aromatic rings. The number of anilines is 1. The van der Waals surface area contributed by atoms with Gasteiger partial charge in [-0.3, -0.25) is 0 Å². The van der Waals surface area contributed by atoms with Crippen LogP contribution in [0, 0.1) is 6.92 Å². The fraction of sp³-hybridized carbons (Fsp3) is 0.231. The molecule has 0 atom stereocenters. The Morgan fingerprint density at radius 1 is 1.26 bits per heavy atom. The van der Waals surface area contributed by atoms with Gasteiger partial charge in [-0.1, -0.05) is 12.1 Å². The molecule has 102 valence electrons. The fourth-order valence-corrected chi connectivity index (χ4v) is 1.69. The van der Waals surface area contributed by atoms with E-state index in [1.54, 1.807) is 6.07 Å². The van der Waals surface area contributed by atoms with Gasteiger partial charge in [-0.2, -0.15) is 0 Å². The van der Waals surface area contributed by atoms with E-state index < -0.39 is 11.9 Å². The number of ether oxygens (including phenoxy) is 2. The zero-order valence-corrected chi connectivity index (χ0v) is 12.4. The van der Waals surface area contributed by atoms with Gasteiger partial charge in [0.1, 0.15) is 5.70 Å². The van der Waals surface area contributed by atoms with Gasteiger partial charge in [0, 0.05) is 4.47 Å². The summed E-state index contributed by atoms with van der Waals surface area (Å²) in [4.78, 5) is 22.8. The van der Waals surface area contributed by atoms with Crippen molar-refractivity contribution in [3.63, 3.8) is 0 Å². The van der Waals surface area contributed by atoms with Crippen molar-refractivity contribution in [3.8, 4) is 0 Å². The molecule has 0 unspecified atom stereocenters. The molecule has 0 saturated carbocycles. The summed E-state index contributed by atoms with van der Waals surface area (Å²) in [7, 11) is 2.47. The summed E-state index contributed by atoms with van der Waals surface area (Å²) in [5.41, 5.74) is 1.65. The summed E-state index contributed by atoms with van der Waals surface area (Å²) < 4.78 is 9.90. The van der Waals surface area contributed by atoms with Crippen LogP contribution in [0.15, 0.2) is 34.4 Å². The number of nitrogens with one attached hydrogen (secondary N) is 1. The highest BCUT2D eigenvalue weighted by Crippen LogP contribution is 2.27. The highest BCUT2D eigenvalue weighted by Gasteiger charge is 2.14. The minimum absolute atomic E-state index is 0.000602. The molecule has 0 saturated heterocycles. The Kier molecular flexibility index (Phi) is 5.57. The summed E-state index contributed by atoms with van der Waals surface area (Å²) in [5.74, 6) is -1.30. The Balaban J connectivity index is 3.08. The molecule has 0 aliphatic carbocycles. The van der Waals surface area contributed by atoms with Gasteiger partial charge in [0.25, 0.3) is 0 Å². The highest BCUT2D eigenvalue weighted by molar-refractivity contribution is 9.10. The molecule has 6 heteroatoms. The maximum atomic E-state index is 11.6. The summed E-state index contributed by atoms with van der Waals surface area (Å²) in [6.45, 7) is 1.91. The Morgan fingerprint density at radius 2 is 1.95 bits per heavy atom. The minimum Gasteiger partial charge on any atom is -0.466 e. The summed E-state index contributed by atoms with van der Waals surface area (Å²) >= 11 is 3.41. The largest absolute Gasteiger partial charge is 0.466 e. The molecule has 5 nitrogen and oxygen atoms in total. The Hall–Kier alpha value is -1.82. The van der Waals surface area contributed by atoms with Gasteiger partial charge in [0.05, 0.1) is 26.0 Å². The lowest BCUT2D eigenvalue weighted by atomic mass is 10.2. The number of aryl methyl sites for hydroxylation is 1. The van der Waals surface area contributed by atoms with Crippen molar-refractivity contribution < 1.29 is 19.1 Å². The van der Waals surface area contributed by atoms with Gasteiger partial charge in [0.15, 0.2) is 0 Å². The van der Waals surface area contributed by atoms with Crippen molar-refractivity contribution in [1.29, 1.82) is 0 Å². The number of benzene rings is 1. The van der Waals surface area contributed by atoms with Gasteiger partial charge < -0.3 is 14.8 Å². The van der Waals surface area contributed by atoms with Crippen LogP contribution in [-0.2, 0) is 19.1 Å². The predicted molar refractivity (Wildman–Crippen MR) is 74.6 cm³/mol. The Labute approximate surface area is 119 Å². The number of carbonyl (C=O) groups is 2.